The predicted octanol–water partition coefficient (Wildman–Crippen LogP) is 1.34. The minimum atomic E-state index is -0.270. The monoisotopic (exact) mass is 142 g/mol. The molecule has 3 heteroatoms. The molecule has 0 aliphatic rings. The van der Waals surface area contributed by atoms with Crippen LogP contribution in [-0.4, -0.2) is 4.98 Å². The third-order valence-corrected chi connectivity index (χ3v) is 2.10. The van der Waals surface area contributed by atoms with Crippen LogP contribution >= 0.6 is 11.3 Å². The second-order valence-corrected chi connectivity index (χ2v) is 3.45. The Bertz CT molecular complexity index is 173. The van der Waals surface area contributed by atoms with E-state index < -0.39 is 0 Å². The van der Waals surface area contributed by atoms with Gasteiger partial charge in [-0.25, -0.2) is 4.98 Å². The van der Waals surface area contributed by atoms with Crippen LogP contribution in [0.25, 0.3) is 0 Å². The van der Waals surface area contributed by atoms with Gasteiger partial charge in [-0.15, -0.1) is 11.3 Å². The summed E-state index contributed by atoms with van der Waals surface area (Å²) in [5.74, 6) is 0. The highest BCUT2D eigenvalue weighted by atomic mass is 32.1. The molecule has 1 aromatic rings. The topological polar surface area (TPSA) is 38.9 Å². The van der Waals surface area contributed by atoms with Crippen LogP contribution in [0, 0.1) is 0 Å². The van der Waals surface area contributed by atoms with Gasteiger partial charge in [0.05, 0.1) is 5.54 Å². The fourth-order valence-corrected chi connectivity index (χ4v) is 1.22. The number of aromatic nitrogens is 1. The fraction of sp³-hybridized carbons (Fsp3) is 0.500. The molecule has 1 aromatic heterocycles. The standard InChI is InChI=1S/C6H10N2S/c1-6(2,7)5-8-3-4-9-5/h3-4H,7H2,1-2H3. The molecule has 0 amide bonds. The lowest BCUT2D eigenvalue weighted by molar-refractivity contribution is 0.550. The van der Waals surface area contributed by atoms with E-state index in [0.29, 0.717) is 0 Å². The first-order chi connectivity index (χ1) is 4.11. The molecule has 0 unspecified atom stereocenters. The van der Waals surface area contributed by atoms with Crippen molar-refractivity contribution in [2.75, 3.05) is 0 Å². The molecule has 9 heavy (non-hydrogen) atoms. The van der Waals surface area contributed by atoms with Crippen molar-refractivity contribution >= 4 is 11.3 Å². The molecular formula is C6H10N2S. The fourth-order valence-electron chi connectivity index (χ4n) is 0.542. The molecule has 0 saturated heterocycles. The van der Waals surface area contributed by atoms with E-state index in [2.05, 4.69) is 4.98 Å². The Balaban J connectivity index is 2.90. The SMILES string of the molecule is CC(C)(N)c1nccs1. The molecule has 0 fully saturated rings. The Morgan fingerprint density at radius 1 is 1.67 bits per heavy atom. The predicted molar refractivity (Wildman–Crippen MR) is 39.3 cm³/mol. The van der Waals surface area contributed by atoms with Crippen molar-refractivity contribution in [3.63, 3.8) is 0 Å². The average molecular weight is 142 g/mol. The maximum atomic E-state index is 5.75. The Kier molecular flexibility index (Phi) is 1.55. The van der Waals surface area contributed by atoms with Crippen molar-refractivity contribution in [3.8, 4) is 0 Å². The minimum absolute atomic E-state index is 0.270. The van der Waals surface area contributed by atoms with Gasteiger partial charge in [0.25, 0.3) is 0 Å². The van der Waals surface area contributed by atoms with Gasteiger partial charge in [-0.1, -0.05) is 0 Å². The molecule has 1 heterocycles. The normalized spacial score (nSPS) is 11.9. The van der Waals surface area contributed by atoms with Crippen LogP contribution in [0.3, 0.4) is 0 Å². The number of thiazole rings is 1. The van der Waals surface area contributed by atoms with E-state index in [1.165, 1.54) is 0 Å². The maximum Gasteiger partial charge on any atom is 0.112 e. The molecule has 0 bridgehead atoms. The summed E-state index contributed by atoms with van der Waals surface area (Å²) in [6.07, 6.45) is 1.77. The van der Waals surface area contributed by atoms with Crippen LogP contribution in [0.2, 0.25) is 0 Å². The highest BCUT2D eigenvalue weighted by Crippen LogP contribution is 2.17. The van der Waals surface area contributed by atoms with E-state index in [4.69, 9.17) is 5.73 Å². The van der Waals surface area contributed by atoms with Crippen LogP contribution in [0.15, 0.2) is 11.6 Å². The third kappa shape index (κ3) is 1.50. The van der Waals surface area contributed by atoms with Gasteiger partial charge in [0.2, 0.25) is 0 Å². The van der Waals surface area contributed by atoms with E-state index in [9.17, 15) is 0 Å². The smallest absolute Gasteiger partial charge is 0.112 e. The molecule has 2 N–H and O–H groups in total. The number of nitrogens with zero attached hydrogens (tertiary/aromatic N) is 1. The average Bonchev–Trinajstić information content (AvgIpc) is 2.08. The summed E-state index contributed by atoms with van der Waals surface area (Å²) < 4.78 is 0. The number of rotatable bonds is 1. The number of hydrogen-bond acceptors (Lipinski definition) is 3. The zero-order valence-electron chi connectivity index (χ0n) is 5.59. The lowest BCUT2D eigenvalue weighted by atomic mass is 10.1. The third-order valence-electron chi connectivity index (χ3n) is 0.984. The van der Waals surface area contributed by atoms with E-state index in [1.54, 1.807) is 17.5 Å². The van der Waals surface area contributed by atoms with E-state index >= 15 is 0 Å². The van der Waals surface area contributed by atoms with E-state index in [1.807, 2.05) is 19.2 Å². The molecule has 0 aliphatic heterocycles. The first kappa shape index (κ1) is 6.71. The van der Waals surface area contributed by atoms with Crippen LogP contribution in [0.1, 0.15) is 18.9 Å². The van der Waals surface area contributed by atoms with Crippen molar-refractivity contribution in [2.45, 2.75) is 19.4 Å². The van der Waals surface area contributed by atoms with Gasteiger partial charge < -0.3 is 5.73 Å². The molecule has 2 nitrogen and oxygen atoms in total. The molecular weight excluding hydrogens is 132 g/mol. The van der Waals surface area contributed by atoms with Gasteiger partial charge >= 0.3 is 0 Å². The second-order valence-electron chi connectivity index (χ2n) is 2.56. The summed E-state index contributed by atoms with van der Waals surface area (Å²) >= 11 is 1.59. The summed E-state index contributed by atoms with van der Waals surface area (Å²) in [5.41, 5.74) is 5.48. The number of hydrogen-bond donors (Lipinski definition) is 1. The molecule has 0 aromatic carbocycles. The summed E-state index contributed by atoms with van der Waals surface area (Å²) in [6.45, 7) is 3.90. The summed E-state index contributed by atoms with van der Waals surface area (Å²) in [6, 6.07) is 0. The van der Waals surface area contributed by atoms with Gasteiger partial charge in [-0.05, 0) is 13.8 Å². The van der Waals surface area contributed by atoms with Crippen molar-refractivity contribution < 1.29 is 0 Å². The molecule has 1 rings (SSSR count). The summed E-state index contributed by atoms with van der Waals surface area (Å²) in [5, 5.41) is 2.92. The Hall–Kier alpha value is -0.410. The Morgan fingerprint density at radius 3 is 2.56 bits per heavy atom. The van der Waals surface area contributed by atoms with Crippen LogP contribution in [-0.2, 0) is 5.54 Å². The molecule has 50 valence electrons. The van der Waals surface area contributed by atoms with Gasteiger partial charge in [-0.3, -0.25) is 0 Å². The quantitative estimate of drug-likeness (QED) is 0.642. The largest absolute Gasteiger partial charge is 0.320 e. The highest BCUT2D eigenvalue weighted by Gasteiger charge is 2.15. The zero-order valence-corrected chi connectivity index (χ0v) is 6.40. The van der Waals surface area contributed by atoms with Crippen molar-refractivity contribution in [1.82, 2.24) is 4.98 Å². The first-order valence-corrected chi connectivity index (χ1v) is 3.67. The lowest BCUT2D eigenvalue weighted by Gasteiger charge is -2.13. The Morgan fingerprint density at radius 2 is 2.33 bits per heavy atom. The van der Waals surface area contributed by atoms with Crippen molar-refractivity contribution in [3.05, 3.63) is 16.6 Å². The minimum Gasteiger partial charge on any atom is -0.320 e. The zero-order chi connectivity index (χ0) is 6.91. The molecule has 0 spiro atoms. The first-order valence-electron chi connectivity index (χ1n) is 2.79. The Labute approximate surface area is 58.7 Å². The molecule has 0 atom stereocenters. The van der Waals surface area contributed by atoms with E-state index in [0.717, 1.165) is 5.01 Å². The summed E-state index contributed by atoms with van der Waals surface area (Å²) in [4.78, 5) is 4.08. The molecule has 0 saturated carbocycles. The van der Waals surface area contributed by atoms with Gasteiger partial charge in [0, 0.05) is 11.6 Å². The maximum absolute atomic E-state index is 5.75. The van der Waals surface area contributed by atoms with Crippen LogP contribution in [0.5, 0.6) is 0 Å². The van der Waals surface area contributed by atoms with Gasteiger partial charge in [0.15, 0.2) is 0 Å². The molecule has 0 radical (unpaired) electrons. The van der Waals surface area contributed by atoms with Crippen molar-refractivity contribution in [1.29, 1.82) is 0 Å². The summed E-state index contributed by atoms with van der Waals surface area (Å²) in [7, 11) is 0. The van der Waals surface area contributed by atoms with Crippen LogP contribution < -0.4 is 5.73 Å². The number of nitrogens with two attached hydrogens (primary N) is 1. The highest BCUT2D eigenvalue weighted by molar-refractivity contribution is 7.09. The second kappa shape index (κ2) is 2.08. The van der Waals surface area contributed by atoms with E-state index in [-0.39, 0.29) is 5.54 Å². The molecule has 0 aliphatic carbocycles. The van der Waals surface area contributed by atoms with Gasteiger partial charge in [-0.2, -0.15) is 0 Å². The lowest BCUT2D eigenvalue weighted by Crippen LogP contribution is -2.28. The van der Waals surface area contributed by atoms with Gasteiger partial charge in [0.1, 0.15) is 5.01 Å². The van der Waals surface area contributed by atoms with Crippen LogP contribution in [0.4, 0.5) is 0 Å². The van der Waals surface area contributed by atoms with Crippen molar-refractivity contribution in [2.24, 2.45) is 5.73 Å².